The van der Waals surface area contributed by atoms with E-state index in [1.807, 2.05) is 0 Å². The normalized spacial score (nSPS) is 17.7. The van der Waals surface area contributed by atoms with E-state index < -0.39 is 0 Å². The average molecular weight is 256 g/mol. The highest BCUT2D eigenvalue weighted by Crippen LogP contribution is 2.28. The zero-order valence-corrected chi connectivity index (χ0v) is 11.6. The van der Waals surface area contributed by atoms with Gasteiger partial charge in [-0.3, -0.25) is 0 Å². The first-order chi connectivity index (χ1) is 8.68. The predicted octanol–water partition coefficient (Wildman–Crippen LogP) is 2.42. The average Bonchev–Trinajstić information content (AvgIpc) is 2.81. The molecule has 4 heteroatoms. The third-order valence-corrected chi connectivity index (χ3v) is 3.65. The van der Waals surface area contributed by atoms with Gasteiger partial charge >= 0.3 is 6.03 Å². The van der Waals surface area contributed by atoms with Gasteiger partial charge in [-0.1, -0.05) is 38.5 Å². The zero-order chi connectivity index (χ0) is 13.2. The third kappa shape index (κ3) is 7.54. The maximum atomic E-state index is 11.3. The number of hydrogen-bond donors (Lipinski definition) is 3. The van der Waals surface area contributed by atoms with E-state index in [-0.39, 0.29) is 12.1 Å². The lowest BCUT2D eigenvalue weighted by atomic mass is 10.0. The van der Waals surface area contributed by atoms with Crippen LogP contribution in [-0.2, 0) is 0 Å². The molecule has 0 aliphatic heterocycles. The fourth-order valence-corrected chi connectivity index (χ4v) is 2.52. The molecule has 0 heterocycles. The molecular weight excluding hydrogens is 228 g/mol. The van der Waals surface area contributed by atoms with Crippen molar-refractivity contribution in [1.29, 1.82) is 0 Å². The summed E-state index contributed by atoms with van der Waals surface area (Å²) >= 11 is 0. The molecule has 0 aromatic heterocycles. The van der Waals surface area contributed by atoms with Gasteiger partial charge in [-0.15, -0.1) is 0 Å². The van der Waals surface area contributed by atoms with Crippen molar-refractivity contribution in [3.8, 4) is 0 Å². The third-order valence-electron chi connectivity index (χ3n) is 3.65. The van der Waals surface area contributed by atoms with Crippen molar-refractivity contribution in [2.45, 2.75) is 64.4 Å². The van der Waals surface area contributed by atoms with E-state index in [1.54, 1.807) is 6.92 Å². The van der Waals surface area contributed by atoms with Crippen LogP contribution in [0.5, 0.6) is 0 Å². The van der Waals surface area contributed by atoms with E-state index in [2.05, 4.69) is 10.6 Å². The van der Waals surface area contributed by atoms with Crippen molar-refractivity contribution in [3.63, 3.8) is 0 Å². The lowest BCUT2D eigenvalue weighted by Crippen LogP contribution is -2.37. The van der Waals surface area contributed by atoms with Crippen LogP contribution in [0.3, 0.4) is 0 Å². The number of amides is 2. The van der Waals surface area contributed by atoms with Crippen molar-refractivity contribution < 1.29 is 9.90 Å². The Labute approximate surface area is 111 Å². The van der Waals surface area contributed by atoms with E-state index in [0.29, 0.717) is 13.0 Å². The summed E-state index contributed by atoms with van der Waals surface area (Å²) < 4.78 is 0. The molecule has 106 valence electrons. The fraction of sp³-hybridized carbons (Fsp3) is 0.929. The van der Waals surface area contributed by atoms with Crippen LogP contribution in [0.2, 0.25) is 0 Å². The molecule has 0 aromatic carbocycles. The van der Waals surface area contributed by atoms with Gasteiger partial charge in [0.15, 0.2) is 0 Å². The maximum Gasteiger partial charge on any atom is 0.314 e. The number of aliphatic hydroxyl groups excluding tert-OH is 1. The second-order valence-electron chi connectivity index (χ2n) is 5.47. The Morgan fingerprint density at radius 2 is 1.89 bits per heavy atom. The Balaban J connectivity index is 1.85. The number of rotatable bonds is 8. The van der Waals surface area contributed by atoms with Gasteiger partial charge in [0, 0.05) is 13.1 Å². The Hall–Kier alpha value is -0.770. The minimum Gasteiger partial charge on any atom is -0.393 e. The van der Waals surface area contributed by atoms with Crippen molar-refractivity contribution in [1.82, 2.24) is 10.6 Å². The standard InChI is InChI=1S/C14H28N2O2/c1-12(17)9-11-16-14(18)15-10-5-4-8-13-6-2-3-7-13/h12-13,17H,2-11H2,1H3,(H2,15,16,18). The first-order valence-corrected chi connectivity index (χ1v) is 7.38. The van der Waals surface area contributed by atoms with E-state index in [9.17, 15) is 4.79 Å². The monoisotopic (exact) mass is 256 g/mol. The fourth-order valence-electron chi connectivity index (χ4n) is 2.52. The number of nitrogens with one attached hydrogen (secondary N) is 2. The summed E-state index contributed by atoms with van der Waals surface area (Å²) in [6.45, 7) is 3.02. The van der Waals surface area contributed by atoms with Gasteiger partial charge in [-0.2, -0.15) is 0 Å². The highest BCUT2D eigenvalue weighted by molar-refractivity contribution is 5.73. The summed E-state index contributed by atoms with van der Waals surface area (Å²) in [5.41, 5.74) is 0. The number of carbonyl (C=O) groups excluding carboxylic acids is 1. The van der Waals surface area contributed by atoms with Crippen LogP contribution < -0.4 is 10.6 Å². The molecule has 3 N–H and O–H groups in total. The van der Waals surface area contributed by atoms with Gasteiger partial charge in [0.1, 0.15) is 0 Å². The van der Waals surface area contributed by atoms with E-state index in [1.165, 1.54) is 38.5 Å². The summed E-state index contributed by atoms with van der Waals surface area (Å²) in [5, 5.41) is 14.6. The van der Waals surface area contributed by atoms with Gasteiger partial charge in [0.25, 0.3) is 0 Å². The largest absolute Gasteiger partial charge is 0.393 e. The lowest BCUT2D eigenvalue weighted by molar-refractivity contribution is 0.183. The second-order valence-corrected chi connectivity index (χ2v) is 5.47. The van der Waals surface area contributed by atoms with Gasteiger partial charge in [-0.25, -0.2) is 4.79 Å². The Kier molecular flexibility index (Phi) is 7.81. The number of aliphatic hydroxyl groups is 1. The van der Waals surface area contributed by atoms with Crippen LogP contribution in [0.15, 0.2) is 0 Å². The number of unbranched alkanes of at least 4 members (excludes halogenated alkanes) is 1. The van der Waals surface area contributed by atoms with E-state index >= 15 is 0 Å². The van der Waals surface area contributed by atoms with E-state index in [4.69, 9.17) is 5.11 Å². The van der Waals surface area contributed by atoms with Crippen molar-refractivity contribution in [2.75, 3.05) is 13.1 Å². The highest BCUT2D eigenvalue weighted by Gasteiger charge is 2.13. The first kappa shape index (κ1) is 15.3. The first-order valence-electron chi connectivity index (χ1n) is 7.38. The van der Waals surface area contributed by atoms with Crippen molar-refractivity contribution >= 4 is 6.03 Å². The van der Waals surface area contributed by atoms with Crippen LogP contribution >= 0.6 is 0 Å². The molecule has 1 aliphatic carbocycles. The molecule has 0 radical (unpaired) electrons. The summed E-state index contributed by atoms with van der Waals surface area (Å²) in [4.78, 5) is 11.3. The molecule has 0 spiro atoms. The molecule has 1 fully saturated rings. The summed E-state index contributed by atoms with van der Waals surface area (Å²) in [7, 11) is 0. The van der Waals surface area contributed by atoms with Gasteiger partial charge in [0.2, 0.25) is 0 Å². The summed E-state index contributed by atoms with van der Waals surface area (Å²) in [5.74, 6) is 0.949. The minimum atomic E-state index is -0.350. The van der Waals surface area contributed by atoms with Crippen LogP contribution in [0, 0.1) is 5.92 Å². The van der Waals surface area contributed by atoms with E-state index in [0.717, 1.165) is 18.9 Å². The maximum absolute atomic E-state index is 11.3. The van der Waals surface area contributed by atoms with Gasteiger partial charge in [0.05, 0.1) is 6.10 Å². The SMILES string of the molecule is CC(O)CCNC(=O)NCCCCC1CCCC1. The van der Waals surface area contributed by atoms with Crippen molar-refractivity contribution in [3.05, 3.63) is 0 Å². The Bertz CT molecular complexity index is 226. The molecule has 1 atom stereocenters. The molecule has 1 saturated carbocycles. The second kappa shape index (κ2) is 9.20. The Morgan fingerprint density at radius 1 is 1.22 bits per heavy atom. The molecule has 2 amide bonds. The Morgan fingerprint density at radius 3 is 2.56 bits per heavy atom. The number of carbonyl (C=O) groups is 1. The predicted molar refractivity (Wildman–Crippen MR) is 73.5 cm³/mol. The topological polar surface area (TPSA) is 61.4 Å². The molecule has 18 heavy (non-hydrogen) atoms. The highest BCUT2D eigenvalue weighted by atomic mass is 16.3. The van der Waals surface area contributed by atoms with Gasteiger partial charge < -0.3 is 15.7 Å². The molecular formula is C14H28N2O2. The van der Waals surface area contributed by atoms with Crippen LogP contribution in [-0.4, -0.2) is 30.3 Å². The zero-order valence-electron chi connectivity index (χ0n) is 11.6. The van der Waals surface area contributed by atoms with Gasteiger partial charge in [-0.05, 0) is 25.7 Å². The van der Waals surface area contributed by atoms with Crippen LogP contribution in [0.25, 0.3) is 0 Å². The van der Waals surface area contributed by atoms with Crippen LogP contribution in [0.1, 0.15) is 58.3 Å². The lowest BCUT2D eigenvalue weighted by Gasteiger charge is -2.10. The molecule has 1 rings (SSSR count). The molecule has 0 saturated heterocycles. The molecule has 1 aliphatic rings. The van der Waals surface area contributed by atoms with Crippen molar-refractivity contribution in [2.24, 2.45) is 5.92 Å². The number of urea groups is 1. The molecule has 1 unspecified atom stereocenters. The molecule has 0 aromatic rings. The molecule has 0 bridgehead atoms. The van der Waals surface area contributed by atoms with Crippen LogP contribution in [0.4, 0.5) is 4.79 Å². The number of hydrogen-bond acceptors (Lipinski definition) is 2. The quantitative estimate of drug-likeness (QED) is 0.584. The summed E-state index contributed by atoms with van der Waals surface area (Å²) in [6.07, 6.45) is 9.51. The minimum absolute atomic E-state index is 0.114. The molecule has 4 nitrogen and oxygen atoms in total. The summed E-state index contributed by atoms with van der Waals surface area (Å²) in [6, 6.07) is -0.114. The smallest absolute Gasteiger partial charge is 0.314 e.